The van der Waals surface area contributed by atoms with Crippen molar-refractivity contribution in [3.8, 4) is 0 Å². The maximum absolute atomic E-state index is 10.6. The number of rotatable bonds is 2. The van der Waals surface area contributed by atoms with Crippen molar-refractivity contribution in [2.75, 3.05) is 0 Å². The fourth-order valence-corrected chi connectivity index (χ4v) is 1.60. The van der Waals surface area contributed by atoms with Crippen LogP contribution >= 0.6 is 31.9 Å². The highest BCUT2D eigenvalue weighted by atomic mass is 79.9. The van der Waals surface area contributed by atoms with E-state index in [1.165, 1.54) is 6.92 Å². The Kier molecular flexibility index (Phi) is 3.93. The van der Waals surface area contributed by atoms with E-state index in [1.54, 1.807) is 0 Å². The summed E-state index contributed by atoms with van der Waals surface area (Å²) in [5, 5.41) is 0. The van der Waals surface area contributed by atoms with E-state index in [9.17, 15) is 4.79 Å². The lowest BCUT2D eigenvalue weighted by atomic mass is 10.2. The summed E-state index contributed by atoms with van der Waals surface area (Å²) >= 11 is 6.71. The van der Waals surface area contributed by atoms with Crippen LogP contribution in [-0.4, -0.2) is 5.97 Å². The van der Waals surface area contributed by atoms with Crippen LogP contribution in [0.3, 0.4) is 0 Å². The van der Waals surface area contributed by atoms with Crippen LogP contribution in [0, 0.1) is 0 Å². The maximum Gasteiger partial charge on any atom is 0.302 e. The van der Waals surface area contributed by atoms with Crippen molar-refractivity contribution in [2.45, 2.75) is 13.5 Å². The molecule has 0 amide bonds. The minimum absolute atomic E-state index is 0.271. The van der Waals surface area contributed by atoms with Gasteiger partial charge in [0.2, 0.25) is 0 Å². The molecule has 0 aliphatic carbocycles. The number of halogens is 2. The van der Waals surface area contributed by atoms with E-state index >= 15 is 0 Å². The lowest BCUT2D eigenvalue weighted by Gasteiger charge is -2.04. The number of carbonyl (C=O) groups excluding carboxylic acids is 1. The van der Waals surface area contributed by atoms with E-state index < -0.39 is 0 Å². The summed E-state index contributed by atoms with van der Waals surface area (Å²) in [5.74, 6) is -0.271. The largest absolute Gasteiger partial charge is 0.461 e. The molecule has 1 rings (SSSR count). The van der Waals surface area contributed by atoms with Gasteiger partial charge in [0, 0.05) is 21.4 Å². The van der Waals surface area contributed by atoms with Gasteiger partial charge in [-0.25, -0.2) is 0 Å². The molecular weight excluding hydrogens is 300 g/mol. The molecular formula is C9H8Br2O2. The van der Waals surface area contributed by atoms with E-state index in [0.717, 1.165) is 14.5 Å². The lowest BCUT2D eigenvalue weighted by molar-refractivity contribution is -0.142. The van der Waals surface area contributed by atoms with Gasteiger partial charge < -0.3 is 4.74 Å². The van der Waals surface area contributed by atoms with Crippen molar-refractivity contribution in [2.24, 2.45) is 0 Å². The molecule has 13 heavy (non-hydrogen) atoms. The highest BCUT2D eigenvalue weighted by Gasteiger charge is 2.02. The Bertz CT molecular complexity index is 323. The molecule has 70 valence electrons. The number of carbonyl (C=O) groups is 1. The summed E-state index contributed by atoms with van der Waals surface area (Å²) in [5.41, 5.74) is 0.949. The molecule has 0 aliphatic rings. The quantitative estimate of drug-likeness (QED) is 0.784. The van der Waals surface area contributed by atoms with Gasteiger partial charge in [0.1, 0.15) is 6.61 Å². The Hall–Kier alpha value is -0.350. The van der Waals surface area contributed by atoms with Crippen LogP contribution in [0.15, 0.2) is 27.1 Å². The van der Waals surface area contributed by atoms with E-state index in [1.807, 2.05) is 18.2 Å². The monoisotopic (exact) mass is 306 g/mol. The first-order valence-electron chi connectivity index (χ1n) is 3.67. The summed E-state index contributed by atoms with van der Waals surface area (Å²) < 4.78 is 6.79. The van der Waals surface area contributed by atoms with E-state index in [2.05, 4.69) is 31.9 Å². The molecule has 0 saturated carbocycles. The second kappa shape index (κ2) is 4.77. The average molecular weight is 308 g/mol. The van der Waals surface area contributed by atoms with Crippen molar-refractivity contribution in [3.63, 3.8) is 0 Å². The lowest BCUT2D eigenvalue weighted by Crippen LogP contribution is -1.99. The van der Waals surface area contributed by atoms with Gasteiger partial charge in [-0.15, -0.1) is 0 Å². The summed E-state index contributed by atoms with van der Waals surface area (Å²) in [6.45, 7) is 1.70. The molecule has 0 aromatic heterocycles. The molecule has 0 atom stereocenters. The molecule has 1 aromatic carbocycles. The SMILES string of the molecule is CC(=O)OCc1cc(Br)ccc1Br. The van der Waals surface area contributed by atoms with Gasteiger partial charge in [-0.05, 0) is 18.2 Å². The van der Waals surface area contributed by atoms with Gasteiger partial charge in [-0.2, -0.15) is 0 Å². The van der Waals surface area contributed by atoms with Crippen LogP contribution < -0.4 is 0 Å². The molecule has 0 saturated heterocycles. The molecule has 1 aromatic rings. The minimum Gasteiger partial charge on any atom is -0.461 e. The molecule has 0 fully saturated rings. The molecule has 0 bridgehead atoms. The number of benzene rings is 1. The van der Waals surface area contributed by atoms with E-state index in [0.29, 0.717) is 6.61 Å². The highest BCUT2D eigenvalue weighted by Crippen LogP contribution is 2.22. The Morgan fingerprint density at radius 1 is 1.46 bits per heavy atom. The van der Waals surface area contributed by atoms with Gasteiger partial charge in [0.25, 0.3) is 0 Å². The average Bonchev–Trinajstić information content (AvgIpc) is 2.06. The van der Waals surface area contributed by atoms with Crippen LogP contribution in [0.1, 0.15) is 12.5 Å². The summed E-state index contributed by atoms with van der Waals surface area (Å²) in [7, 11) is 0. The standard InChI is InChI=1S/C9H8Br2O2/c1-6(12)13-5-7-4-8(10)2-3-9(7)11/h2-4H,5H2,1H3. The Morgan fingerprint density at radius 3 is 2.77 bits per heavy atom. The topological polar surface area (TPSA) is 26.3 Å². The first-order valence-corrected chi connectivity index (χ1v) is 5.25. The highest BCUT2D eigenvalue weighted by molar-refractivity contribution is 9.11. The van der Waals surface area contributed by atoms with Crippen LogP contribution in [-0.2, 0) is 16.1 Å². The molecule has 0 aliphatic heterocycles. The van der Waals surface area contributed by atoms with Gasteiger partial charge >= 0.3 is 5.97 Å². The van der Waals surface area contributed by atoms with Gasteiger partial charge in [-0.1, -0.05) is 31.9 Å². The van der Waals surface area contributed by atoms with E-state index in [4.69, 9.17) is 4.74 Å². The second-order valence-corrected chi connectivity index (χ2v) is 4.29. The van der Waals surface area contributed by atoms with E-state index in [-0.39, 0.29) is 5.97 Å². The fourth-order valence-electron chi connectivity index (χ4n) is 0.833. The van der Waals surface area contributed by atoms with Crippen molar-refractivity contribution in [1.82, 2.24) is 0 Å². The predicted molar refractivity (Wildman–Crippen MR) is 57.3 cm³/mol. The second-order valence-electron chi connectivity index (χ2n) is 2.52. The van der Waals surface area contributed by atoms with Crippen LogP contribution in [0.25, 0.3) is 0 Å². The Labute approximate surface area is 93.5 Å². The molecule has 0 radical (unpaired) electrons. The zero-order chi connectivity index (χ0) is 9.84. The maximum atomic E-state index is 10.6. The predicted octanol–water partition coefficient (Wildman–Crippen LogP) is 3.27. The van der Waals surface area contributed by atoms with Crippen molar-refractivity contribution >= 4 is 37.8 Å². The molecule has 0 heterocycles. The number of hydrogen-bond acceptors (Lipinski definition) is 2. The molecule has 0 unspecified atom stereocenters. The van der Waals surface area contributed by atoms with Gasteiger partial charge in [0.15, 0.2) is 0 Å². The molecule has 2 nitrogen and oxygen atoms in total. The zero-order valence-electron chi connectivity index (χ0n) is 7.01. The van der Waals surface area contributed by atoms with Crippen molar-refractivity contribution in [3.05, 3.63) is 32.7 Å². The Balaban J connectivity index is 2.75. The van der Waals surface area contributed by atoms with Gasteiger partial charge in [-0.3, -0.25) is 4.79 Å². The molecule has 4 heteroatoms. The van der Waals surface area contributed by atoms with Crippen LogP contribution in [0.4, 0.5) is 0 Å². The first-order chi connectivity index (χ1) is 6.09. The third kappa shape index (κ3) is 3.48. The molecule has 0 N–H and O–H groups in total. The van der Waals surface area contributed by atoms with Crippen LogP contribution in [0.5, 0.6) is 0 Å². The smallest absolute Gasteiger partial charge is 0.302 e. The number of ether oxygens (including phenoxy) is 1. The fraction of sp³-hybridized carbons (Fsp3) is 0.222. The summed E-state index contributed by atoms with van der Waals surface area (Å²) in [6, 6.07) is 5.73. The van der Waals surface area contributed by atoms with Crippen LogP contribution in [0.2, 0.25) is 0 Å². The third-order valence-corrected chi connectivity index (χ3v) is 2.71. The van der Waals surface area contributed by atoms with Crippen molar-refractivity contribution < 1.29 is 9.53 Å². The zero-order valence-corrected chi connectivity index (χ0v) is 10.2. The van der Waals surface area contributed by atoms with Gasteiger partial charge in [0.05, 0.1) is 0 Å². The molecule has 0 spiro atoms. The first kappa shape index (κ1) is 10.7. The minimum atomic E-state index is -0.271. The summed E-state index contributed by atoms with van der Waals surface area (Å²) in [4.78, 5) is 10.6. The summed E-state index contributed by atoms with van der Waals surface area (Å²) in [6.07, 6.45) is 0. The normalized spacial score (nSPS) is 9.77. The Morgan fingerprint density at radius 2 is 2.15 bits per heavy atom. The number of hydrogen-bond donors (Lipinski definition) is 0. The number of esters is 1. The third-order valence-electron chi connectivity index (χ3n) is 1.44. The van der Waals surface area contributed by atoms with Crippen molar-refractivity contribution in [1.29, 1.82) is 0 Å².